The van der Waals surface area contributed by atoms with Gasteiger partial charge in [0.05, 0.1) is 13.3 Å². The number of ether oxygens (including phenoxy) is 1. The summed E-state index contributed by atoms with van der Waals surface area (Å²) in [4.78, 5) is 27.6. The van der Waals surface area contributed by atoms with E-state index in [0.29, 0.717) is 6.54 Å². The number of methoxy groups -OCH3 is 1. The summed E-state index contributed by atoms with van der Waals surface area (Å²) < 4.78 is 7.06. The fraction of sp³-hybridized carbons (Fsp3) is 0.500. The predicted molar refractivity (Wildman–Crippen MR) is 120 cm³/mol. The van der Waals surface area contributed by atoms with Crippen LogP contribution in [-0.2, 0) is 17.9 Å². The zero-order valence-electron chi connectivity index (χ0n) is 18.7. The third kappa shape index (κ3) is 5.30. The van der Waals surface area contributed by atoms with Crippen LogP contribution >= 0.6 is 0 Å². The molecule has 0 radical (unpaired) electrons. The lowest BCUT2D eigenvalue weighted by Crippen LogP contribution is -2.34. The van der Waals surface area contributed by atoms with Gasteiger partial charge in [-0.25, -0.2) is 0 Å². The number of rotatable bonds is 6. The number of nitrogens with one attached hydrogen (secondary N) is 1. The average molecular weight is 412 g/mol. The van der Waals surface area contributed by atoms with Crippen LogP contribution in [0.5, 0.6) is 5.75 Å². The van der Waals surface area contributed by atoms with Crippen molar-refractivity contribution in [1.29, 1.82) is 0 Å². The largest absolute Gasteiger partial charge is 0.491 e. The normalized spacial score (nSPS) is 15.2. The van der Waals surface area contributed by atoms with Crippen molar-refractivity contribution >= 4 is 11.6 Å². The maximum absolute atomic E-state index is 12.9. The van der Waals surface area contributed by atoms with Crippen molar-refractivity contribution in [3.05, 3.63) is 57.0 Å². The van der Waals surface area contributed by atoms with E-state index in [0.717, 1.165) is 54.4 Å². The number of nitrogens with zero attached hydrogens (tertiary/aromatic N) is 2. The van der Waals surface area contributed by atoms with Gasteiger partial charge in [0.25, 0.3) is 0 Å². The molecule has 1 aliphatic rings. The fourth-order valence-corrected chi connectivity index (χ4v) is 4.19. The van der Waals surface area contributed by atoms with Gasteiger partial charge in [0, 0.05) is 24.0 Å². The molecule has 162 valence electrons. The number of amides is 1. The highest BCUT2D eigenvalue weighted by Crippen LogP contribution is 2.22. The van der Waals surface area contributed by atoms with Crippen LogP contribution in [0.4, 0.5) is 5.69 Å². The van der Waals surface area contributed by atoms with E-state index in [1.165, 1.54) is 12.7 Å². The second-order valence-electron chi connectivity index (χ2n) is 8.61. The summed E-state index contributed by atoms with van der Waals surface area (Å²) in [5.74, 6) is 0.872. The van der Waals surface area contributed by atoms with Gasteiger partial charge in [-0.15, -0.1) is 0 Å². The lowest BCUT2D eigenvalue weighted by molar-refractivity contribution is -0.116. The monoisotopic (exact) mass is 411 g/mol. The van der Waals surface area contributed by atoms with E-state index < -0.39 is 0 Å². The number of carbonyl (C=O) groups is 1. The molecule has 6 nitrogen and oxygen atoms in total. The maximum Gasteiger partial charge on any atom is 0.244 e. The van der Waals surface area contributed by atoms with Crippen molar-refractivity contribution in [2.45, 2.75) is 53.6 Å². The highest BCUT2D eigenvalue weighted by atomic mass is 16.5. The minimum atomic E-state index is -0.153. The van der Waals surface area contributed by atoms with Gasteiger partial charge in [0.2, 0.25) is 11.3 Å². The molecule has 30 heavy (non-hydrogen) atoms. The molecule has 3 rings (SSSR count). The van der Waals surface area contributed by atoms with E-state index in [4.69, 9.17) is 4.74 Å². The number of aryl methyl sites for hydroxylation is 3. The topological polar surface area (TPSA) is 63.6 Å². The average Bonchev–Trinajstić information content (AvgIpc) is 2.68. The number of hydrogen-bond donors (Lipinski definition) is 1. The molecule has 0 aliphatic carbocycles. The highest BCUT2D eigenvalue weighted by Gasteiger charge is 2.19. The van der Waals surface area contributed by atoms with Gasteiger partial charge in [-0.3, -0.25) is 14.5 Å². The molecule has 2 heterocycles. The van der Waals surface area contributed by atoms with Gasteiger partial charge < -0.3 is 14.6 Å². The number of anilines is 1. The highest BCUT2D eigenvalue weighted by molar-refractivity contribution is 5.92. The Bertz CT molecular complexity index is 949. The Labute approximate surface area is 178 Å². The second kappa shape index (κ2) is 9.47. The molecule has 1 aromatic heterocycles. The zero-order valence-corrected chi connectivity index (χ0v) is 18.7. The standard InChI is InChI=1S/C24H33N3O3/c1-16-6-8-26(9-7-16)13-20-12-21(28)22(30-5)14-27(20)15-23(29)25-24-18(3)10-17(2)11-19(24)4/h10-12,14,16H,6-9,13,15H2,1-5H3,(H,25,29). The Morgan fingerprint density at radius 2 is 1.77 bits per heavy atom. The molecule has 1 amide bonds. The second-order valence-corrected chi connectivity index (χ2v) is 8.61. The molecule has 1 N–H and O–H groups in total. The smallest absolute Gasteiger partial charge is 0.244 e. The molecule has 0 unspecified atom stereocenters. The number of piperidine rings is 1. The molecular weight excluding hydrogens is 378 g/mol. The lowest BCUT2D eigenvalue weighted by Gasteiger charge is -2.31. The zero-order chi connectivity index (χ0) is 21.8. The molecule has 0 bridgehead atoms. The summed E-state index contributed by atoms with van der Waals surface area (Å²) in [6.45, 7) is 11.1. The number of likely N-dealkylation sites (tertiary alicyclic amines) is 1. The molecule has 0 spiro atoms. The summed E-state index contributed by atoms with van der Waals surface area (Å²) in [6.07, 6.45) is 3.97. The first-order valence-electron chi connectivity index (χ1n) is 10.6. The van der Waals surface area contributed by atoms with Crippen molar-refractivity contribution in [2.24, 2.45) is 5.92 Å². The molecule has 2 aromatic rings. The van der Waals surface area contributed by atoms with E-state index >= 15 is 0 Å². The molecule has 0 atom stereocenters. The first-order valence-corrected chi connectivity index (χ1v) is 10.6. The van der Waals surface area contributed by atoms with Crippen LogP contribution in [0.15, 0.2) is 29.2 Å². The Morgan fingerprint density at radius 1 is 1.13 bits per heavy atom. The summed E-state index contributed by atoms with van der Waals surface area (Å²) in [7, 11) is 1.48. The van der Waals surface area contributed by atoms with Crippen molar-refractivity contribution in [3.63, 3.8) is 0 Å². The first kappa shape index (κ1) is 22.1. The van der Waals surface area contributed by atoms with Gasteiger partial charge in [-0.2, -0.15) is 0 Å². The molecule has 6 heteroatoms. The van der Waals surface area contributed by atoms with E-state index in [1.807, 2.05) is 25.3 Å². The van der Waals surface area contributed by atoms with E-state index in [-0.39, 0.29) is 23.6 Å². The Balaban J connectivity index is 1.81. The molecule has 1 aromatic carbocycles. The fourth-order valence-electron chi connectivity index (χ4n) is 4.19. The van der Waals surface area contributed by atoms with Crippen LogP contribution in [0.2, 0.25) is 0 Å². The Hall–Kier alpha value is -2.60. The first-order chi connectivity index (χ1) is 14.3. The van der Waals surface area contributed by atoms with Crippen LogP contribution in [0.1, 0.15) is 42.1 Å². The summed E-state index contributed by atoms with van der Waals surface area (Å²) >= 11 is 0. The number of hydrogen-bond acceptors (Lipinski definition) is 4. The Morgan fingerprint density at radius 3 is 2.37 bits per heavy atom. The number of pyridine rings is 1. The minimum absolute atomic E-state index is 0.121. The van der Waals surface area contributed by atoms with Crippen LogP contribution in [0.3, 0.4) is 0 Å². The number of benzene rings is 1. The van der Waals surface area contributed by atoms with Gasteiger partial charge in [0.1, 0.15) is 6.54 Å². The lowest BCUT2D eigenvalue weighted by atomic mass is 9.99. The minimum Gasteiger partial charge on any atom is -0.491 e. The molecule has 1 fully saturated rings. The summed E-state index contributed by atoms with van der Waals surface area (Å²) in [6, 6.07) is 5.73. The summed E-state index contributed by atoms with van der Waals surface area (Å²) in [5, 5.41) is 3.05. The molecular formula is C24H33N3O3. The third-order valence-corrected chi connectivity index (χ3v) is 5.92. The van der Waals surface area contributed by atoms with E-state index in [2.05, 4.69) is 29.3 Å². The molecule has 1 aliphatic heterocycles. The van der Waals surface area contributed by atoms with E-state index in [1.54, 1.807) is 12.3 Å². The van der Waals surface area contributed by atoms with Crippen molar-refractivity contribution in [1.82, 2.24) is 9.47 Å². The maximum atomic E-state index is 12.9. The van der Waals surface area contributed by atoms with Gasteiger partial charge >= 0.3 is 0 Å². The predicted octanol–water partition coefficient (Wildman–Crippen LogP) is 3.65. The van der Waals surface area contributed by atoms with Crippen molar-refractivity contribution in [3.8, 4) is 5.75 Å². The number of aromatic nitrogens is 1. The van der Waals surface area contributed by atoms with Gasteiger partial charge in [-0.1, -0.05) is 24.6 Å². The van der Waals surface area contributed by atoms with Crippen LogP contribution in [0.25, 0.3) is 0 Å². The molecule has 0 saturated carbocycles. The quantitative estimate of drug-likeness (QED) is 0.788. The van der Waals surface area contributed by atoms with Crippen LogP contribution in [0, 0.1) is 26.7 Å². The van der Waals surface area contributed by atoms with Gasteiger partial charge in [-0.05, 0) is 63.7 Å². The van der Waals surface area contributed by atoms with Crippen LogP contribution < -0.4 is 15.5 Å². The number of carbonyl (C=O) groups excluding carboxylic acids is 1. The third-order valence-electron chi connectivity index (χ3n) is 5.92. The van der Waals surface area contributed by atoms with Gasteiger partial charge in [0.15, 0.2) is 5.75 Å². The van der Waals surface area contributed by atoms with Crippen molar-refractivity contribution in [2.75, 3.05) is 25.5 Å². The SMILES string of the molecule is COc1cn(CC(=O)Nc2c(C)cc(C)cc2C)c(CN2CCC(C)CC2)cc1=O. The summed E-state index contributed by atoms with van der Waals surface area (Å²) in [5.41, 5.74) is 4.79. The Kier molecular flexibility index (Phi) is 6.98. The van der Waals surface area contributed by atoms with Crippen molar-refractivity contribution < 1.29 is 9.53 Å². The van der Waals surface area contributed by atoms with Crippen LogP contribution in [-0.4, -0.2) is 35.6 Å². The van der Waals surface area contributed by atoms with E-state index in [9.17, 15) is 9.59 Å². The molecule has 1 saturated heterocycles.